The van der Waals surface area contributed by atoms with Crippen LogP contribution in [0.1, 0.15) is 64.2 Å². The van der Waals surface area contributed by atoms with Crippen LogP contribution in [0, 0.1) is 22.7 Å². The number of nitrogens with one attached hydrogen (secondary N) is 2. The van der Waals surface area contributed by atoms with Gasteiger partial charge in [-0.2, -0.15) is 10.5 Å². The molecule has 1 spiro atoms. The first-order chi connectivity index (χ1) is 10.8. The largest absolute Gasteiger partial charge is 0.362 e. The summed E-state index contributed by atoms with van der Waals surface area (Å²) in [6.07, 6.45) is 11.5. The first-order valence-electron chi connectivity index (χ1n) is 8.45. The molecular weight excluding hydrogens is 274 g/mol. The maximum absolute atomic E-state index is 9.31. The van der Waals surface area contributed by atoms with Crippen LogP contribution in [-0.2, 0) is 0 Å². The minimum Gasteiger partial charge on any atom is -0.362 e. The van der Waals surface area contributed by atoms with Crippen molar-refractivity contribution in [1.29, 1.82) is 10.5 Å². The Hall–Kier alpha value is -2.01. The van der Waals surface area contributed by atoms with E-state index in [2.05, 4.69) is 22.8 Å². The third kappa shape index (κ3) is 2.81. The van der Waals surface area contributed by atoms with Crippen LogP contribution in [0.3, 0.4) is 0 Å². The molecule has 0 radical (unpaired) electrons. The van der Waals surface area contributed by atoms with Crippen molar-refractivity contribution in [1.82, 2.24) is 10.6 Å². The number of hydrogen-bond donors (Lipinski definition) is 2. The second-order valence-electron chi connectivity index (χ2n) is 6.64. The highest BCUT2D eigenvalue weighted by Crippen LogP contribution is 2.33. The van der Waals surface area contributed by atoms with E-state index >= 15 is 0 Å². The highest BCUT2D eigenvalue weighted by molar-refractivity contribution is 5.95. The summed E-state index contributed by atoms with van der Waals surface area (Å²) in [5.74, 6) is 0.898. The smallest absolute Gasteiger partial charge is 0.153 e. The van der Waals surface area contributed by atoms with Crippen molar-refractivity contribution in [2.75, 3.05) is 0 Å². The Morgan fingerprint density at radius 2 is 1.55 bits per heavy atom. The zero-order chi connectivity index (χ0) is 15.4. The van der Waals surface area contributed by atoms with E-state index in [1.807, 2.05) is 0 Å². The van der Waals surface area contributed by atoms with Gasteiger partial charge in [-0.25, -0.2) is 0 Å². The molecule has 0 unspecified atom stereocenters. The van der Waals surface area contributed by atoms with Gasteiger partial charge in [0.25, 0.3) is 0 Å². The van der Waals surface area contributed by atoms with Crippen molar-refractivity contribution < 1.29 is 0 Å². The molecule has 0 saturated heterocycles. The molecule has 0 bridgehead atoms. The number of amidine groups is 1. The summed E-state index contributed by atoms with van der Waals surface area (Å²) in [5.41, 5.74) is 0.418. The zero-order valence-corrected chi connectivity index (χ0v) is 13.0. The molecule has 0 aromatic rings. The fourth-order valence-electron chi connectivity index (χ4n) is 3.89. The molecule has 2 aliphatic carbocycles. The van der Waals surface area contributed by atoms with Crippen molar-refractivity contribution in [3.63, 3.8) is 0 Å². The average molecular weight is 297 g/mol. The molecule has 5 nitrogen and oxygen atoms in total. The van der Waals surface area contributed by atoms with E-state index in [0.717, 1.165) is 44.4 Å². The van der Waals surface area contributed by atoms with Gasteiger partial charge in [0.05, 0.1) is 11.6 Å². The van der Waals surface area contributed by atoms with Crippen molar-refractivity contribution in [3.8, 4) is 12.1 Å². The summed E-state index contributed by atoms with van der Waals surface area (Å²) < 4.78 is 0. The Bertz CT molecular complexity index is 563. The molecular formula is C17H23N5. The van der Waals surface area contributed by atoms with Gasteiger partial charge in [-0.3, -0.25) is 4.99 Å². The van der Waals surface area contributed by atoms with Gasteiger partial charge in [0.1, 0.15) is 23.7 Å². The topological polar surface area (TPSA) is 84.0 Å². The Morgan fingerprint density at radius 1 is 0.909 bits per heavy atom. The van der Waals surface area contributed by atoms with E-state index in [4.69, 9.17) is 4.99 Å². The Kier molecular flexibility index (Phi) is 4.34. The van der Waals surface area contributed by atoms with E-state index in [-0.39, 0.29) is 5.54 Å². The predicted molar refractivity (Wildman–Crippen MR) is 84.6 cm³/mol. The highest BCUT2D eigenvalue weighted by Gasteiger charge is 2.42. The van der Waals surface area contributed by atoms with Crippen molar-refractivity contribution in [3.05, 3.63) is 11.4 Å². The minimum absolute atomic E-state index is 0.263. The molecule has 0 atom stereocenters. The van der Waals surface area contributed by atoms with Crippen LogP contribution in [0.5, 0.6) is 0 Å². The van der Waals surface area contributed by atoms with Gasteiger partial charge in [-0.1, -0.05) is 38.5 Å². The lowest BCUT2D eigenvalue weighted by molar-refractivity contribution is 0.320. The third-order valence-electron chi connectivity index (χ3n) is 5.13. The molecule has 0 aromatic carbocycles. The molecule has 2 N–H and O–H groups in total. The van der Waals surface area contributed by atoms with Gasteiger partial charge in [-0.15, -0.1) is 0 Å². The van der Waals surface area contributed by atoms with Crippen LogP contribution >= 0.6 is 0 Å². The number of nitrogens with zero attached hydrogens (tertiary/aromatic N) is 3. The summed E-state index contributed by atoms with van der Waals surface area (Å²) >= 11 is 0. The first kappa shape index (κ1) is 14.9. The summed E-state index contributed by atoms with van der Waals surface area (Å²) in [6.45, 7) is 0. The van der Waals surface area contributed by atoms with E-state index in [1.54, 1.807) is 0 Å². The maximum atomic E-state index is 9.31. The average Bonchev–Trinajstić information content (AvgIpc) is 2.58. The lowest BCUT2D eigenvalue weighted by atomic mass is 9.79. The van der Waals surface area contributed by atoms with E-state index in [0.29, 0.717) is 17.4 Å². The number of rotatable bonds is 1. The van der Waals surface area contributed by atoms with Gasteiger partial charge in [0, 0.05) is 0 Å². The number of allylic oxidation sites excluding steroid dienone is 2. The van der Waals surface area contributed by atoms with Crippen molar-refractivity contribution in [2.24, 2.45) is 4.99 Å². The van der Waals surface area contributed by atoms with Gasteiger partial charge < -0.3 is 10.6 Å². The van der Waals surface area contributed by atoms with Crippen LogP contribution in [0.4, 0.5) is 0 Å². The molecule has 2 saturated carbocycles. The first-order valence-corrected chi connectivity index (χ1v) is 8.45. The van der Waals surface area contributed by atoms with Crippen molar-refractivity contribution in [2.45, 2.75) is 75.8 Å². The van der Waals surface area contributed by atoms with Gasteiger partial charge in [-0.05, 0) is 25.7 Å². The second-order valence-corrected chi connectivity index (χ2v) is 6.64. The lowest BCUT2D eigenvalue weighted by Gasteiger charge is -2.43. The summed E-state index contributed by atoms with van der Waals surface area (Å²) in [5, 5.41) is 25.2. The number of nitriles is 2. The van der Waals surface area contributed by atoms with Crippen LogP contribution in [0.2, 0.25) is 0 Å². The second kappa shape index (κ2) is 6.40. The maximum Gasteiger partial charge on any atom is 0.153 e. The summed E-state index contributed by atoms with van der Waals surface area (Å²) in [4.78, 5) is 4.99. The Labute approximate surface area is 132 Å². The molecule has 22 heavy (non-hydrogen) atoms. The van der Waals surface area contributed by atoms with E-state index < -0.39 is 0 Å². The molecule has 3 aliphatic rings. The van der Waals surface area contributed by atoms with Crippen LogP contribution in [-0.4, -0.2) is 17.4 Å². The minimum atomic E-state index is -0.263. The molecule has 5 heteroatoms. The number of aliphatic imine (C=N–C) groups is 1. The molecule has 1 heterocycles. The van der Waals surface area contributed by atoms with E-state index in [9.17, 15) is 10.5 Å². The van der Waals surface area contributed by atoms with Crippen LogP contribution in [0.25, 0.3) is 0 Å². The molecule has 3 rings (SSSR count). The van der Waals surface area contributed by atoms with Crippen molar-refractivity contribution >= 4 is 5.84 Å². The quantitative estimate of drug-likeness (QED) is 0.779. The SMILES string of the molecule is N#CC1=C(C#N)NC2(CCCCC2)C(=NC2CCCCC2)N1. The molecule has 2 fully saturated rings. The lowest BCUT2D eigenvalue weighted by Crippen LogP contribution is -2.61. The van der Waals surface area contributed by atoms with Gasteiger partial charge >= 0.3 is 0 Å². The van der Waals surface area contributed by atoms with Gasteiger partial charge in [0.15, 0.2) is 5.70 Å². The summed E-state index contributed by atoms with van der Waals surface area (Å²) in [7, 11) is 0. The standard InChI is InChI=1S/C17H23N5/c18-11-14-15(12-19)22-17(9-5-2-6-10-17)16(21-14)20-13-7-3-1-4-8-13/h13,22H,1-10H2,(H,20,21). The van der Waals surface area contributed by atoms with E-state index in [1.165, 1.54) is 25.7 Å². The predicted octanol–water partition coefficient (Wildman–Crippen LogP) is 2.87. The molecule has 0 amide bonds. The molecule has 0 aromatic heterocycles. The molecule has 116 valence electrons. The fraction of sp³-hybridized carbons (Fsp3) is 0.706. The zero-order valence-electron chi connectivity index (χ0n) is 13.0. The fourth-order valence-corrected chi connectivity index (χ4v) is 3.89. The summed E-state index contributed by atoms with van der Waals surface area (Å²) in [6, 6.07) is 4.59. The Balaban J connectivity index is 1.93. The normalized spacial score (nSPS) is 26.9. The molecule has 1 aliphatic heterocycles. The highest BCUT2D eigenvalue weighted by atomic mass is 15.2. The Morgan fingerprint density at radius 3 is 2.18 bits per heavy atom. The van der Waals surface area contributed by atoms with Crippen LogP contribution < -0.4 is 10.6 Å². The third-order valence-corrected chi connectivity index (χ3v) is 5.13. The number of hydrogen-bond acceptors (Lipinski definition) is 4. The van der Waals surface area contributed by atoms with Gasteiger partial charge in [0.2, 0.25) is 0 Å². The monoisotopic (exact) mass is 297 g/mol. The van der Waals surface area contributed by atoms with Crippen LogP contribution in [0.15, 0.2) is 16.4 Å².